The number of aromatic amines is 1. The number of hydrogen-bond donors (Lipinski definition) is 12. The average Bonchev–Trinajstić information content (AvgIpc) is 4.18. The van der Waals surface area contributed by atoms with E-state index in [2.05, 4.69) is 41.5 Å². The molecule has 16 N–H and O–H groups in total. The molecule has 26 nitrogen and oxygen atoms in total. The highest BCUT2D eigenvalue weighted by molar-refractivity contribution is 5.98. The van der Waals surface area contributed by atoms with Crippen LogP contribution < -0.4 is 54.3 Å². The van der Waals surface area contributed by atoms with Gasteiger partial charge in [-0.2, -0.15) is 0 Å². The molecule has 0 aliphatic carbocycles. The highest BCUT2D eigenvalue weighted by Gasteiger charge is 2.46. The number of nitrogens with zero attached hydrogens (tertiary/aromatic N) is 4. The van der Waals surface area contributed by atoms with Gasteiger partial charge in [-0.25, -0.2) is 9.78 Å². The monoisotopic (exact) mass is 1060 g/mol. The van der Waals surface area contributed by atoms with Crippen LogP contribution >= 0.6 is 0 Å². The molecule has 2 saturated heterocycles. The standard InChI is InChI=1S/C50H72N14O12/c1-28(2)21-35(62-46(71)38-13-8-19-63(38)47(72)34(12-7-18-56-50(53)54)60-44(69)36(58-40(65)25-52)23-31-26-55-27-57-31)43(68)61-37(24-41(66)67)45(70)59-33(11-5-6-17-51)48(73)64-20-16-39(42(64)49(74)75)76-32-15-14-29-9-3-4-10-30(29)22-32/h3-4,9-10,14-15,22,26-28,33-39,42H,5-8,11-13,16-21,23-25,51-52H2,1-2H3,(H,55,57)(H,58,65)(H,59,70)(H,60,69)(H,61,68)(H,62,71)(H,66,67)(H,74,75)(H4,53,54,56)/t33-,34-,35-,36-,37-,38-,39?,42-/m0/s1. The van der Waals surface area contributed by atoms with Crippen LogP contribution in [-0.2, 0) is 49.6 Å². The number of carbonyl (C=O) groups is 9. The number of carboxylic acids is 2. The van der Waals surface area contributed by atoms with Crippen LogP contribution in [0.3, 0.4) is 0 Å². The van der Waals surface area contributed by atoms with E-state index in [1.165, 1.54) is 17.4 Å². The fourth-order valence-corrected chi connectivity index (χ4v) is 9.31. The molecule has 414 valence electrons. The number of likely N-dealkylation sites (tertiary alicyclic amines) is 2. The number of aliphatic carboxylic acids is 2. The lowest BCUT2D eigenvalue weighted by atomic mass is 10.0. The molecule has 0 bridgehead atoms. The van der Waals surface area contributed by atoms with Crippen LogP contribution in [0.25, 0.3) is 10.8 Å². The summed E-state index contributed by atoms with van der Waals surface area (Å²) in [6, 6.07) is 3.33. The lowest BCUT2D eigenvalue weighted by Gasteiger charge is -2.31. The summed E-state index contributed by atoms with van der Waals surface area (Å²) in [5.41, 5.74) is 22.8. The number of imidazole rings is 1. The fraction of sp³-hybridized carbons (Fsp3) is 0.540. The molecular formula is C50H72N14O12. The summed E-state index contributed by atoms with van der Waals surface area (Å²) in [6.07, 6.45) is 2.59. The van der Waals surface area contributed by atoms with E-state index in [1.54, 1.807) is 26.0 Å². The third-order valence-corrected chi connectivity index (χ3v) is 13.0. The second-order valence-electron chi connectivity index (χ2n) is 19.3. The molecule has 3 aromatic rings. The second kappa shape index (κ2) is 28.7. The summed E-state index contributed by atoms with van der Waals surface area (Å²) in [4.78, 5) is 136. The van der Waals surface area contributed by atoms with Crippen molar-refractivity contribution in [1.29, 1.82) is 0 Å². The molecule has 0 radical (unpaired) electrons. The number of amides is 7. The molecule has 76 heavy (non-hydrogen) atoms. The number of carboxylic acid groups (broad SMARTS) is 2. The lowest BCUT2D eigenvalue weighted by Crippen LogP contribution is -2.60. The predicted octanol–water partition coefficient (Wildman–Crippen LogP) is -1.68. The van der Waals surface area contributed by atoms with Crippen LogP contribution in [-0.4, -0.2) is 170 Å². The van der Waals surface area contributed by atoms with Crippen molar-refractivity contribution < 1.29 is 58.1 Å². The van der Waals surface area contributed by atoms with Gasteiger partial charge in [0.1, 0.15) is 48.1 Å². The number of benzene rings is 2. The Morgan fingerprint density at radius 3 is 2.07 bits per heavy atom. The minimum Gasteiger partial charge on any atom is -0.488 e. The molecular weight excluding hydrogens is 989 g/mol. The number of hydrogen-bond acceptors (Lipinski definition) is 14. The minimum absolute atomic E-state index is 0.00352. The Labute approximate surface area is 439 Å². The van der Waals surface area contributed by atoms with Crippen LogP contribution in [0.4, 0.5) is 0 Å². The maximum Gasteiger partial charge on any atom is 0.330 e. The van der Waals surface area contributed by atoms with Crippen LogP contribution in [0.1, 0.15) is 83.7 Å². The molecule has 3 heterocycles. The van der Waals surface area contributed by atoms with Crippen LogP contribution in [0.15, 0.2) is 60.0 Å². The average molecular weight is 1060 g/mol. The van der Waals surface area contributed by atoms with E-state index in [0.717, 1.165) is 15.7 Å². The molecule has 2 aliphatic heterocycles. The Morgan fingerprint density at radius 2 is 1.43 bits per heavy atom. The third kappa shape index (κ3) is 17.1. The highest BCUT2D eigenvalue weighted by Crippen LogP contribution is 2.28. The number of ether oxygens (including phenoxy) is 1. The van der Waals surface area contributed by atoms with E-state index in [-0.39, 0.29) is 83.0 Å². The summed E-state index contributed by atoms with van der Waals surface area (Å²) >= 11 is 0. The zero-order chi connectivity index (χ0) is 55.5. The molecule has 2 aromatic carbocycles. The first-order valence-electron chi connectivity index (χ1n) is 25.4. The number of carbonyl (C=O) groups excluding carboxylic acids is 7. The summed E-state index contributed by atoms with van der Waals surface area (Å²) in [6.45, 7) is 3.51. The predicted molar refractivity (Wildman–Crippen MR) is 276 cm³/mol. The topological polar surface area (TPSA) is 415 Å². The molecule has 5 rings (SSSR count). The zero-order valence-electron chi connectivity index (χ0n) is 42.8. The van der Waals surface area contributed by atoms with Gasteiger partial charge in [0.15, 0.2) is 12.0 Å². The van der Waals surface area contributed by atoms with Crippen LogP contribution in [0.5, 0.6) is 5.75 Å². The van der Waals surface area contributed by atoms with Crippen molar-refractivity contribution in [1.82, 2.24) is 46.4 Å². The number of fused-ring (bicyclic) bond motifs is 1. The van der Waals surface area contributed by atoms with Crippen LogP contribution in [0.2, 0.25) is 0 Å². The number of nitrogens with two attached hydrogens (primary N) is 4. The molecule has 1 unspecified atom stereocenters. The van der Waals surface area contributed by atoms with Gasteiger partial charge in [-0.05, 0) is 86.7 Å². The number of H-pyrrole nitrogens is 1. The largest absolute Gasteiger partial charge is 0.488 e. The van der Waals surface area contributed by atoms with E-state index in [9.17, 15) is 53.4 Å². The fourth-order valence-electron chi connectivity index (χ4n) is 9.31. The molecule has 26 heteroatoms. The molecule has 1 aromatic heterocycles. The van der Waals surface area contributed by atoms with E-state index in [1.807, 2.05) is 30.3 Å². The molecule has 7 amide bonds. The van der Waals surface area contributed by atoms with E-state index >= 15 is 0 Å². The molecule has 2 aliphatic rings. The summed E-state index contributed by atoms with van der Waals surface area (Å²) in [7, 11) is 0. The zero-order valence-corrected chi connectivity index (χ0v) is 42.8. The van der Waals surface area contributed by atoms with E-state index < -0.39 is 115 Å². The van der Waals surface area contributed by atoms with Gasteiger partial charge >= 0.3 is 11.9 Å². The van der Waals surface area contributed by atoms with Gasteiger partial charge in [-0.3, -0.25) is 43.3 Å². The smallest absolute Gasteiger partial charge is 0.330 e. The highest BCUT2D eigenvalue weighted by atomic mass is 16.5. The van der Waals surface area contributed by atoms with Gasteiger partial charge in [-0.1, -0.05) is 44.2 Å². The Bertz CT molecular complexity index is 2540. The first-order valence-corrected chi connectivity index (χ1v) is 25.4. The van der Waals surface area contributed by atoms with Crippen molar-refractivity contribution in [3.63, 3.8) is 0 Å². The van der Waals surface area contributed by atoms with Crippen molar-refractivity contribution in [2.24, 2.45) is 33.8 Å². The van der Waals surface area contributed by atoms with Crippen LogP contribution in [0, 0.1) is 5.92 Å². The van der Waals surface area contributed by atoms with E-state index in [0.29, 0.717) is 30.7 Å². The van der Waals surface area contributed by atoms with Crippen molar-refractivity contribution in [2.75, 3.05) is 32.7 Å². The normalized spacial score (nSPS) is 18.1. The molecule has 0 spiro atoms. The van der Waals surface area contributed by atoms with Crippen molar-refractivity contribution in [2.45, 2.75) is 133 Å². The second-order valence-corrected chi connectivity index (χ2v) is 19.3. The van der Waals surface area contributed by atoms with Gasteiger partial charge in [0.25, 0.3) is 0 Å². The van der Waals surface area contributed by atoms with Gasteiger partial charge in [0, 0.05) is 44.4 Å². The van der Waals surface area contributed by atoms with Gasteiger partial charge in [0.2, 0.25) is 41.4 Å². The van der Waals surface area contributed by atoms with Crippen molar-refractivity contribution in [3.8, 4) is 5.75 Å². The summed E-state index contributed by atoms with van der Waals surface area (Å²) in [5, 5.41) is 35.2. The number of aliphatic imine (C=N–C) groups is 1. The lowest BCUT2D eigenvalue weighted by molar-refractivity contribution is -0.152. The maximum atomic E-state index is 14.4. The van der Waals surface area contributed by atoms with Crippen molar-refractivity contribution in [3.05, 3.63) is 60.7 Å². The maximum absolute atomic E-state index is 14.4. The quantitative estimate of drug-likeness (QED) is 0.0210. The van der Waals surface area contributed by atoms with Gasteiger partial charge in [-0.15, -0.1) is 0 Å². The van der Waals surface area contributed by atoms with Crippen molar-refractivity contribution >= 4 is 70.0 Å². The van der Waals surface area contributed by atoms with Gasteiger partial charge < -0.3 is 79.3 Å². The number of nitrogens with one attached hydrogen (secondary N) is 6. The Kier molecular flexibility index (Phi) is 22.3. The molecule has 2 fully saturated rings. The molecule has 0 saturated carbocycles. The SMILES string of the molecule is CC(C)C[C@H](NC(=O)[C@@H]1CCCN1C(=O)[C@H](CCCN=C(N)N)NC(=O)[C@H](Cc1cnc[nH]1)NC(=O)CN)C(=O)N[C@@H](CC(=O)O)C(=O)N[C@@H](CCCCN)C(=O)N1CCC(Oc2ccc3ccccc3c2)[C@H]1C(=O)O. The van der Waals surface area contributed by atoms with E-state index in [4.69, 9.17) is 27.7 Å². The number of rotatable bonds is 29. The number of aromatic nitrogens is 2. The Balaban J connectivity index is 1.31. The Hall–Kier alpha value is -7.87. The molecule has 8 atom stereocenters. The van der Waals surface area contributed by atoms with Gasteiger partial charge in [0.05, 0.1) is 19.3 Å². The summed E-state index contributed by atoms with van der Waals surface area (Å²) < 4.78 is 6.15. The summed E-state index contributed by atoms with van der Waals surface area (Å²) in [5.74, 6) is -8.35. The minimum atomic E-state index is -1.78. The first kappa shape index (κ1) is 59.0. The first-order chi connectivity index (χ1) is 36.3. The number of guanidine groups is 1. The Morgan fingerprint density at radius 1 is 0.776 bits per heavy atom. The number of unbranched alkanes of at least 4 members (excludes halogenated alkanes) is 1. The third-order valence-electron chi connectivity index (χ3n) is 13.0.